The first kappa shape index (κ1) is 11.1. The number of aromatic carboxylic acids is 1. The molecule has 1 aromatic heterocycles. The fourth-order valence-corrected chi connectivity index (χ4v) is 1.42. The topological polar surface area (TPSA) is 63.3 Å². The van der Waals surface area contributed by atoms with Crippen LogP contribution in [0.4, 0.5) is 0 Å². The largest absolute Gasteiger partial charge is 0.475 e. The number of rotatable bonds is 3. The third-order valence-electron chi connectivity index (χ3n) is 2.23. The van der Waals surface area contributed by atoms with Gasteiger partial charge < -0.3 is 9.52 Å². The van der Waals surface area contributed by atoms with Gasteiger partial charge in [-0.05, 0) is 18.6 Å². The molecule has 17 heavy (non-hydrogen) atoms. The van der Waals surface area contributed by atoms with Gasteiger partial charge in [0.15, 0.2) is 0 Å². The van der Waals surface area contributed by atoms with E-state index in [1.165, 1.54) is 0 Å². The van der Waals surface area contributed by atoms with Crippen molar-refractivity contribution in [2.45, 2.75) is 6.92 Å². The minimum absolute atomic E-state index is 0.113. The lowest BCUT2D eigenvalue weighted by Gasteiger charge is -1.89. The van der Waals surface area contributed by atoms with Crippen LogP contribution in [-0.4, -0.2) is 16.1 Å². The molecule has 0 atom stereocenters. The molecular formula is C13H11NO3. The van der Waals surface area contributed by atoms with Crippen molar-refractivity contribution in [3.05, 3.63) is 53.2 Å². The second-order valence-corrected chi connectivity index (χ2v) is 3.52. The Morgan fingerprint density at radius 1 is 1.29 bits per heavy atom. The van der Waals surface area contributed by atoms with Gasteiger partial charge >= 0.3 is 5.97 Å². The van der Waals surface area contributed by atoms with E-state index in [0.717, 1.165) is 5.56 Å². The summed E-state index contributed by atoms with van der Waals surface area (Å²) in [5, 5.41) is 8.81. The molecule has 0 saturated carbocycles. The van der Waals surface area contributed by atoms with Gasteiger partial charge in [0.25, 0.3) is 0 Å². The Kier molecular flexibility index (Phi) is 3.05. The molecule has 0 unspecified atom stereocenters. The van der Waals surface area contributed by atoms with E-state index < -0.39 is 5.97 Å². The molecule has 2 aromatic rings. The summed E-state index contributed by atoms with van der Waals surface area (Å²) in [6.07, 6.45) is 3.46. The Bertz CT molecular complexity index is 555. The number of nitrogens with zero attached hydrogens (tertiary/aromatic N) is 1. The van der Waals surface area contributed by atoms with Crippen molar-refractivity contribution >= 4 is 18.1 Å². The predicted octanol–water partition coefficient (Wildman–Crippen LogP) is 2.85. The Hall–Kier alpha value is -2.36. The zero-order chi connectivity index (χ0) is 12.3. The van der Waals surface area contributed by atoms with Crippen molar-refractivity contribution in [2.75, 3.05) is 0 Å². The summed E-state index contributed by atoms with van der Waals surface area (Å²) in [6, 6.07) is 9.64. The van der Waals surface area contributed by atoms with Gasteiger partial charge in [-0.3, -0.25) is 0 Å². The molecular weight excluding hydrogens is 218 g/mol. The molecule has 0 saturated heterocycles. The summed E-state index contributed by atoms with van der Waals surface area (Å²) >= 11 is 0. The summed E-state index contributed by atoms with van der Waals surface area (Å²) in [6.45, 7) is 1.60. The van der Waals surface area contributed by atoms with Gasteiger partial charge in [0.05, 0.1) is 5.69 Å². The van der Waals surface area contributed by atoms with Crippen LogP contribution in [-0.2, 0) is 0 Å². The SMILES string of the molecule is Cc1nc(C=Cc2ccccc2)oc1C(=O)O. The minimum atomic E-state index is -1.10. The lowest BCUT2D eigenvalue weighted by molar-refractivity contribution is 0.0661. The number of hydrogen-bond donors (Lipinski definition) is 1. The highest BCUT2D eigenvalue weighted by molar-refractivity contribution is 5.85. The van der Waals surface area contributed by atoms with Crippen LogP contribution in [0.2, 0.25) is 0 Å². The van der Waals surface area contributed by atoms with Crippen LogP contribution >= 0.6 is 0 Å². The highest BCUT2D eigenvalue weighted by Crippen LogP contribution is 2.13. The number of benzene rings is 1. The lowest BCUT2D eigenvalue weighted by atomic mass is 10.2. The van der Waals surface area contributed by atoms with Crippen LogP contribution < -0.4 is 0 Å². The van der Waals surface area contributed by atoms with Gasteiger partial charge in [-0.15, -0.1) is 0 Å². The third kappa shape index (κ3) is 2.60. The van der Waals surface area contributed by atoms with Crippen LogP contribution in [0.5, 0.6) is 0 Å². The molecule has 0 radical (unpaired) electrons. The molecule has 2 rings (SSSR count). The normalized spacial score (nSPS) is 10.9. The monoisotopic (exact) mass is 229 g/mol. The second-order valence-electron chi connectivity index (χ2n) is 3.52. The van der Waals surface area contributed by atoms with Crippen LogP contribution in [0.15, 0.2) is 34.7 Å². The zero-order valence-corrected chi connectivity index (χ0v) is 9.25. The fraction of sp³-hybridized carbons (Fsp3) is 0.0769. The van der Waals surface area contributed by atoms with Gasteiger partial charge in [-0.25, -0.2) is 9.78 Å². The number of carboxylic acids is 1. The Morgan fingerprint density at radius 3 is 2.59 bits per heavy atom. The zero-order valence-electron chi connectivity index (χ0n) is 9.25. The van der Waals surface area contributed by atoms with E-state index in [1.807, 2.05) is 36.4 Å². The quantitative estimate of drug-likeness (QED) is 0.878. The van der Waals surface area contributed by atoms with Gasteiger partial charge in [0, 0.05) is 6.08 Å². The molecule has 1 heterocycles. The Balaban J connectivity index is 2.22. The van der Waals surface area contributed by atoms with Crippen LogP contribution in [0.25, 0.3) is 12.2 Å². The smallest absolute Gasteiger partial charge is 0.373 e. The van der Waals surface area contributed by atoms with Gasteiger partial charge in [-0.2, -0.15) is 0 Å². The van der Waals surface area contributed by atoms with Crippen molar-refractivity contribution < 1.29 is 14.3 Å². The van der Waals surface area contributed by atoms with Crippen LogP contribution in [0.1, 0.15) is 27.7 Å². The minimum Gasteiger partial charge on any atom is -0.475 e. The van der Waals surface area contributed by atoms with Gasteiger partial charge in [0.2, 0.25) is 11.7 Å². The number of aryl methyl sites for hydroxylation is 1. The number of oxazole rings is 1. The summed E-state index contributed by atoms with van der Waals surface area (Å²) in [4.78, 5) is 14.8. The lowest BCUT2D eigenvalue weighted by Crippen LogP contribution is -1.95. The van der Waals surface area contributed by atoms with Crippen molar-refractivity contribution in [3.8, 4) is 0 Å². The van der Waals surface area contributed by atoms with Crippen molar-refractivity contribution in [1.82, 2.24) is 4.98 Å². The number of carboxylic acid groups (broad SMARTS) is 1. The molecule has 0 aliphatic heterocycles. The van der Waals surface area contributed by atoms with Crippen molar-refractivity contribution in [2.24, 2.45) is 0 Å². The van der Waals surface area contributed by atoms with Crippen molar-refractivity contribution in [3.63, 3.8) is 0 Å². The highest BCUT2D eigenvalue weighted by Gasteiger charge is 2.14. The fourth-order valence-electron chi connectivity index (χ4n) is 1.42. The first-order valence-electron chi connectivity index (χ1n) is 5.10. The summed E-state index contributed by atoms with van der Waals surface area (Å²) in [5.41, 5.74) is 1.38. The summed E-state index contributed by atoms with van der Waals surface area (Å²) in [5.74, 6) is -0.921. The van der Waals surface area contributed by atoms with Crippen LogP contribution in [0, 0.1) is 6.92 Å². The number of carbonyl (C=O) groups is 1. The van der Waals surface area contributed by atoms with E-state index in [1.54, 1.807) is 13.0 Å². The summed E-state index contributed by atoms with van der Waals surface area (Å²) < 4.78 is 5.10. The van der Waals surface area contributed by atoms with E-state index in [9.17, 15) is 4.79 Å². The molecule has 0 aliphatic rings. The molecule has 86 valence electrons. The van der Waals surface area contributed by atoms with E-state index in [2.05, 4.69) is 4.98 Å². The molecule has 0 fully saturated rings. The maximum atomic E-state index is 10.8. The van der Waals surface area contributed by atoms with Crippen molar-refractivity contribution in [1.29, 1.82) is 0 Å². The van der Waals surface area contributed by atoms with Crippen LogP contribution in [0.3, 0.4) is 0 Å². The standard InChI is InChI=1S/C13H11NO3/c1-9-12(13(15)16)17-11(14-9)8-7-10-5-3-2-4-6-10/h2-8H,1H3,(H,15,16). The highest BCUT2D eigenvalue weighted by atomic mass is 16.4. The maximum absolute atomic E-state index is 10.8. The molecule has 1 N–H and O–H groups in total. The molecule has 0 aliphatic carbocycles. The second kappa shape index (κ2) is 4.65. The Labute approximate surface area is 98.2 Å². The van der Waals surface area contributed by atoms with E-state index in [-0.39, 0.29) is 5.76 Å². The predicted molar refractivity (Wildman–Crippen MR) is 63.6 cm³/mol. The average molecular weight is 229 g/mol. The number of aromatic nitrogens is 1. The van der Waals surface area contributed by atoms with Gasteiger partial charge in [0.1, 0.15) is 0 Å². The first-order chi connectivity index (χ1) is 8.16. The molecule has 1 aromatic carbocycles. The Morgan fingerprint density at radius 2 is 2.00 bits per heavy atom. The average Bonchev–Trinajstić information content (AvgIpc) is 2.69. The number of hydrogen-bond acceptors (Lipinski definition) is 3. The third-order valence-corrected chi connectivity index (χ3v) is 2.23. The molecule has 0 bridgehead atoms. The van der Waals surface area contributed by atoms with E-state index in [4.69, 9.17) is 9.52 Å². The van der Waals surface area contributed by atoms with E-state index >= 15 is 0 Å². The first-order valence-corrected chi connectivity index (χ1v) is 5.10. The maximum Gasteiger partial charge on any atom is 0.373 e. The molecule has 0 amide bonds. The molecule has 0 spiro atoms. The summed E-state index contributed by atoms with van der Waals surface area (Å²) in [7, 11) is 0. The van der Waals surface area contributed by atoms with Gasteiger partial charge in [-0.1, -0.05) is 30.3 Å². The van der Waals surface area contributed by atoms with E-state index in [0.29, 0.717) is 11.6 Å². The molecule has 4 heteroatoms. The molecule has 4 nitrogen and oxygen atoms in total.